The molecule has 1 nitrogen and oxygen atoms in total. The number of hydrogen-bond acceptors (Lipinski definition) is 1. The molecule has 0 saturated carbocycles. The van der Waals surface area contributed by atoms with Crippen molar-refractivity contribution >= 4 is 0 Å². The van der Waals surface area contributed by atoms with E-state index in [9.17, 15) is 0 Å². The molecule has 1 heterocycles. The number of rotatable bonds is 2. The average molecular weight is 111 g/mol. The van der Waals surface area contributed by atoms with Gasteiger partial charge in [0.2, 0.25) is 0 Å². The van der Waals surface area contributed by atoms with Gasteiger partial charge in [0, 0.05) is 6.04 Å². The summed E-state index contributed by atoms with van der Waals surface area (Å²) in [5.41, 5.74) is 0. The molecule has 0 aliphatic carbocycles. The molecular formula is C7H13N. The first-order valence-corrected chi connectivity index (χ1v) is 3.28. The van der Waals surface area contributed by atoms with Crippen LogP contribution in [0.15, 0.2) is 12.2 Å². The summed E-state index contributed by atoms with van der Waals surface area (Å²) in [7, 11) is 0. The lowest BCUT2D eigenvalue weighted by molar-refractivity contribution is 0.374. The van der Waals surface area contributed by atoms with Crippen molar-refractivity contribution in [3.63, 3.8) is 0 Å². The van der Waals surface area contributed by atoms with E-state index in [1.165, 1.54) is 19.4 Å². The van der Waals surface area contributed by atoms with Gasteiger partial charge in [-0.2, -0.15) is 0 Å². The van der Waals surface area contributed by atoms with Gasteiger partial charge in [-0.3, -0.25) is 0 Å². The Kier molecular flexibility index (Phi) is 2.10. The Morgan fingerprint density at radius 1 is 1.75 bits per heavy atom. The molecule has 1 saturated heterocycles. The van der Waals surface area contributed by atoms with Gasteiger partial charge in [-0.15, -0.1) is 0 Å². The van der Waals surface area contributed by atoms with Crippen molar-refractivity contribution in [3.05, 3.63) is 12.2 Å². The average Bonchev–Trinajstić information content (AvgIpc) is 1.63. The topological polar surface area (TPSA) is 12.0 Å². The van der Waals surface area contributed by atoms with Crippen LogP contribution in [0.2, 0.25) is 0 Å². The van der Waals surface area contributed by atoms with E-state index < -0.39 is 0 Å². The highest BCUT2D eigenvalue weighted by Gasteiger charge is 2.12. The Bertz CT molecular complexity index is 82.4. The smallest absolute Gasteiger partial charge is 0.0114 e. The molecule has 0 aromatic rings. The van der Waals surface area contributed by atoms with Crippen molar-refractivity contribution in [2.75, 3.05) is 6.54 Å². The quantitative estimate of drug-likeness (QED) is 0.530. The summed E-state index contributed by atoms with van der Waals surface area (Å²) in [4.78, 5) is 0. The molecule has 0 radical (unpaired) electrons. The fourth-order valence-corrected chi connectivity index (χ4v) is 0.850. The van der Waals surface area contributed by atoms with E-state index in [1.807, 2.05) is 0 Å². The lowest BCUT2D eigenvalue weighted by Gasteiger charge is -2.26. The van der Waals surface area contributed by atoms with E-state index >= 15 is 0 Å². The van der Waals surface area contributed by atoms with Crippen LogP contribution in [-0.4, -0.2) is 12.6 Å². The Morgan fingerprint density at radius 2 is 2.50 bits per heavy atom. The molecule has 1 aliphatic rings. The highest BCUT2D eigenvalue weighted by Crippen LogP contribution is 2.06. The molecule has 0 aromatic heterocycles. The SMILES string of the molecule is C/C=C\CC1CCN1. The van der Waals surface area contributed by atoms with Gasteiger partial charge in [0.1, 0.15) is 0 Å². The van der Waals surface area contributed by atoms with Gasteiger partial charge in [-0.25, -0.2) is 0 Å². The second-order valence-corrected chi connectivity index (χ2v) is 2.24. The van der Waals surface area contributed by atoms with Gasteiger partial charge in [0.05, 0.1) is 0 Å². The third-order valence-corrected chi connectivity index (χ3v) is 1.58. The Hall–Kier alpha value is -0.300. The maximum Gasteiger partial charge on any atom is 0.0114 e. The normalized spacial score (nSPS) is 28.4. The van der Waals surface area contributed by atoms with Crippen LogP contribution < -0.4 is 5.32 Å². The van der Waals surface area contributed by atoms with Crippen LogP contribution >= 0.6 is 0 Å². The number of nitrogens with one attached hydrogen (secondary N) is 1. The van der Waals surface area contributed by atoms with Crippen molar-refractivity contribution in [2.45, 2.75) is 25.8 Å². The standard InChI is InChI=1S/C7H13N/c1-2-3-4-7-5-6-8-7/h2-3,7-8H,4-6H2,1H3/b3-2-. The second kappa shape index (κ2) is 2.88. The van der Waals surface area contributed by atoms with Gasteiger partial charge >= 0.3 is 0 Å². The molecule has 0 aromatic carbocycles. The largest absolute Gasteiger partial charge is 0.314 e. The van der Waals surface area contributed by atoms with Crippen LogP contribution in [0, 0.1) is 0 Å². The molecule has 1 N–H and O–H groups in total. The summed E-state index contributed by atoms with van der Waals surface area (Å²) in [6.07, 6.45) is 6.91. The fourth-order valence-electron chi connectivity index (χ4n) is 0.850. The van der Waals surface area contributed by atoms with Gasteiger partial charge in [-0.1, -0.05) is 12.2 Å². The highest BCUT2D eigenvalue weighted by molar-refractivity contribution is 4.87. The molecule has 1 rings (SSSR count). The maximum atomic E-state index is 3.33. The maximum absolute atomic E-state index is 3.33. The third-order valence-electron chi connectivity index (χ3n) is 1.58. The molecule has 8 heavy (non-hydrogen) atoms. The summed E-state index contributed by atoms with van der Waals surface area (Å²) in [5, 5.41) is 3.33. The zero-order chi connectivity index (χ0) is 5.82. The molecule has 0 bridgehead atoms. The zero-order valence-corrected chi connectivity index (χ0v) is 5.35. The van der Waals surface area contributed by atoms with E-state index in [1.54, 1.807) is 0 Å². The summed E-state index contributed by atoms with van der Waals surface area (Å²) in [5.74, 6) is 0. The van der Waals surface area contributed by atoms with E-state index in [2.05, 4.69) is 24.4 Å². The minimum absolute atomic E-state index is 0.797. The first kappa shape index (κ1) is 5.83. The molecule has 0 amide bonds. The molecule has 46 valence electrons. The molecule has 1 atom stereocenters. The molecule has 1 fully saturated rings. The van der Waals surface area contributed by atoms with Crippen LogP contribution in [0.25, 0.3) is 0 Å². The Morgan fingerprint density at radius 3 is 2.88 bits per heavy atom. The Balaban J connectivity index is 2.01. The lowest BCUT2D eigenvalue weighted by atomic mass is 10.0. The van der Waals surface area contributed by atoms with Crippen molar-refractivity contribution in [3.8, 4) is 0 Å². The lowest BCUT2D eigenvalue weighted by Crippen LogP contribution is -2.42. The number of allylic oxidation sites excluding steroid dienone is 1. The second-order valence-electron chi connectivity index (χ2n) is 2.24. The summed E-state index contributed by atoms with van der Waals surface area (Å²) in [6, 6.07) is 0.797. The number of hydrogen-bond donors (Lipinski definition) is 1. The summed E-state index contributed by atoms with van der Waals surface area (Å²) in [6.45, 7) is 3.29. The van der Waals surface area contributed by atoms with Crippen LogP contribution in [-0.2, 0) is 0 Å². The molecule has 1 heteroatoms. The van der Waals surface area contributed by atoms with Crippen LogP contribution in [0.4, 0.5) is 0 Å². The summed E-state index contributed by atoms with van der Waals surface area (Å²) < 4.78 is 0. The first-order valence-electron chi connectivity index (χ1n) is 3.28. The monoisotopic (exact) mass is 111 g/mol. The van der Waals surface area contributed by atoms with Gasteiger partial charge in [0.15, 0.2) is 0 Å². The van der Waals surface area contributed by atoms with Crippen molar-refractivity contribution in [2.24, 2.45) is 0 Å². The minimum atomic E-state index is 0.797. The van der Waals surface area contributed by atoms with Gasteiger partial charge < -0.3 is 5.32 Å². The van der Waals surface area contributed by atoms with E-state index in [-0.39, 0.29) is 0 Å². The van der Waals surface area contributed by atoms with Crippen LogP contribution in [0.1, 0.15) is 19.8 Å². The van der Waals surface area contributed by atoms with E-state index in [4.69, 9.17) is 0 Å². The molecule has 1 unspecified atom stereocenters. The third kappa shape index (κ3) is 1.34. The molecule has 0 spiro atoms. The van der Waals surface area contributed by atoms with Gasteiger partial charge in [-0.05, 0) is 26.3 Å². The zero-order valence-electron chi connectivity index (χ0n) is 5.35. The van der Waals surface area contributed by atoms with E-state index in [0.717, 1.165) is 6.04 Å². The minimum Gasteiger partial charge on any atom is -0.314 e. The predicted octanol–water partition coefficient (Wildman–Crippen LogP) is 1.31. The fraction of sp³-hybridized carbons (Fsp3) is 0.714. The van der Waals surface area contributed by atoms with Crippen LogP contribution in [0.5, 0.6) is 0 Å². The van der Waals surface area contributed by atoms with Crippen molar-refractivity contribution in [1.29, 1.82) is 0 Å². The predicted molar refractivity (Wildman–Crippen MR) is 35.8 cm³/mol. The Labute approximate surface area is 50.8 Å². The van der Waals surface area contributed by atoms with Crippen LogP contribution in [0.3, 0.4) is 0 Å². The van der Waals surface area contributed by atoms with Gasteiger partial charge in [0.25, 0.3) is 0 Å². The first-order chi connectivity index (χ1) is 3.93. The highest BCUT2D eigenvalue weighted by atomic mass is 15.0. The molecule has 1 aliphatic heterocycles. The van der Waals surface area contributed by atoms with Crippen molar-refractivity contribution in [1.82, 2.24) is 5.32 Å². The molecular weight excluding hydrogens is 98.1 g/mol. The van der Waals surface area contributed by atoms with E-state index in [0.29, 0.717) is 0 Å². The summed E-state index contributed by atoms with van der Waals surface area (Å²) >= 11 is 0. The van der Waals surface area contributed by atoms with Crippen molar-refractivity contribution < 1.29 is 0 Å².